The predicted molar refractivity (Wildman–Crippen MR) is 47.1 cm³/mol. The van der Waals surface area contributed by atoms with Crippen LogP contribution in [0.5, 0.6) is 0 Å². The van der Waals surface area contributed by atoms with Crippen molar-refractivity contribution in [3.05, 3.63) is 0 Å². The minimum absolute atomic E-state index is 0.344. The van der Waals surface area contributed by atoms with E-state index in [0.717, 1.165) is 19.1 Å². The Morgan fingerprint density at radius 2 is 2.08 bits per heavy atom. The Balaban J connectivity index is 2.51. The van der Waals surface area contributed by atoms with Crippen LogP contribution in [0.25, 0.3) is 0 Å². The van der Waals surface area contributed by atoms with E-state index in [1.165, 1.54) is 26.4 Å². The molecule has 0 N–H and O–H groups in total. The Bertz CT molecular complexity index is 171. The molecule has 0 unspecified atom stereocenters. The molecule has 3 nitrogen and oxygen atoms in total. The van der Waals surface area contributed by atoms with Crippen molar-refractivity contribution in [1.29, 1.82) is 0 Å². The number of hydrogen-bond donors (Lipinski definition) is 0. The van der Waals surface area contributed by atoms with Crippen LogP contribution in [-0.4, -0.2) is 19.1 Å². The summed E-state index contributed by atoms with van der Waals surface area (Å²) in [6.07, 6.45) is 6.69. The van der Waals surface area contributed by atoms with Crippen molar-refractivity contribution < 1.29 is 9.63 Å². The Morgan fingerprint density at radius 3 is 2.58 bits per heavy atom. The van der Waals surface area contributed by atoms with Crippen LogP contribution < -0.4 is 0 Å². The summed E-state index contributed by atoms with van der Waals surface area (Å²) in [6.45, 7) is 0. The third-order valence-corrected chi connectivity index (χ3v) is 2.34. The van der Waals surface area contributed by atoms with E-state index >= 15 is 0 Å². The van der Waals surface area contributed by atoms with E-state index in [1.54, 1.807) is 0 Å². The minimum atomic E-state index is 0.344. The topological polar surface area (TPSA) is 38.7 Å². The van der Waals surface area contributed by atoms with Gasteiger partial charge >= 0.3 is 0 Å². The van der Waals surface area contributed by atoms with E-state index in [9.17, 15) is 4.79 Å². The SMILES string of the molecule is CO/N=C(/C=O)C1CCCCC1. The molecule has 0 saturated heterocycles. The lowest BCUT2D eigenvalue weighted by atomic mass is 9.86. The fourth-order valence-electron chi connectivity index (χ4n) is 1.70. The van der Waals surface area contributed by atoms with Gasteiger partial charge in [0.2, 0.25) is 0 Å². The Morgan fingerprint density at radius 1 is 1.42 bits per heavy atom. The summed E-state index contributed by atoms with van der Waals surface area (Å²) in [6, 6.07) is 0. The molecule has 0 aromatic carbocycles. The van der Waals surface area contributed by atoms with Crippen LogP contribution >= 0.6 is 0 Å². The number of carbonyl (C=O) groups excluding carboxylic acids is 1. The molecule has 0 radical (unpaired) electrons. The highest BCUT2D eigenvalue weighted by molar-refractivity contribution is 6.29. The van der Waals surface area contributed by atoms with Crippen molar-refractivity contribution in [1.82, 2.24) is 0 Å². The van der Waals surface area contributed by atoms with Gasteiger partial charge in [-0.15, -0.1) is 0 Å². The second-order valence-corrected chi connectivity index (χ2v) is 3.15. The molecule has 0 heterocycles. The highest BCUT2D eigenvalue weighted by Gasteiger charge is 2.19. The lowest BCUT2D eigenvalue weighted by Crippen LogP contribution is -2.19. The Labute approximate surface area is 72.8 Å². The van der Waals surface area contributed by atoms with Crippen molar-refractivity contribution in [3.63, 3.8) is 0 Å². The molecule has 12 heavy (non-hydrogen) atoms. The maximum atomic E-state index is 10.6. The zero-order valence-electron chi connectivity index (χ0n) is 7.45. The van der Waals surface area contributed by atoms with Gasteiger partial charge in [-0.2, -0.15) is 0 Å². The summed E-state index contributed by atoms with van der Waals surface area (Å²) < 4.78 is 0. The van der Waals surface area contributed by atoms with E-state index in [4.69, 9.17) is 0 Å². The number of rotatable bonds is 3. The third-order valence-electron chi connectivity index (χ3n) is 2.34. The van der Waals surface area contributed by atoms with E-state index in [-0.39, 0.29) is 0 Å². The molecular weight excluding hydrogens is 154 g/mol. The summed E-state index contributed by atoms with van der Waals surface area (Å²) in [4.78, 5) is 15.2. The number of oxime groups is 1. The smallest absolute Gasteiger partial charge is 0.167 e. The highest BCUT2D eigenvalue weighted by atomic mass is 16.6. The minimum Gasteiger partial charge on any atom is -0.399 e. The predicted octanol–water partition coefficient (Wildman–Crippen LogP) is 1.77. The van der Waals surface area contributed by atoms with E-state index < -0.39 is 0 Å². The fraction of sp³-hybridized carbons (Fsp3) is 0.778. The average molecular weight is 169 g/mol. The van der Waals surface area contributed by atoms with Crippen LogP contribution in [0.1, 0.15) is 32.1 Å². The molecule has 0 aromatic heterocycles. The molecule has 1 saturated carbocycles. The van der Waals surface area contributed by atoms with Gasteiger partial charge in [0.05, 0.1) is 0 Å². The molecule has 0 aliphatic heterocycles. The molecule has 0 atom stereocenters. The summed E-state index contributed by atoms with van der Waals surface area (Å²) in [5, 5.41) is 3.71. The highest BCUT2D eigenvalue weighted by Crippen LogP contribution is 2.24. The second-order valence-electron chi connectivity index (χ2n) is 3.15. The van der Waals surface area contributed by atoms with Gasteiger partial charge in [-0.3, -0.25) is 4.79 Å². The van der Waals surface area contributed by atoms with Gasteiger partial charge in [-0.05, 0) is 12.8 Å². The van der Waals surface area contributed by atoms with Gasteiger partial charge < -0.3 is 4.84 Å². The van der Waals surface area contributed by atoms with Crippen molar-refractivity contribution in [2.45, 2.75) is 32.1 Å². The van der Waals surface area contributed by atoms with Crippen LogP contribution in [0.3, 0.4) is 0 Å². The first kappa shape index (κ1) is 9.23. The molecule has 68 valence electrons. The molecule has 0 amide bonds. The van der Waals surface area contributed by atoms with Gasteiger partial charge in [-0.1, -0.05) is 24.4 Å². The van der Waals surface area contributed by atoms with Gasteiger partial charge in [0.1, 0.15) is 12.8 Å². The van der Waals surface area contributed by atoms with Crippen LogP contribution in [0.2, 0.25) is 0 Å². The zero-order chi connectivity index (χ0) is 8.81. The first-order valence-corrected chi connectivity index (χ1v) is 4.44. The second kappa shape index (κ2) is 4.91. The Kier molecular flexibility index (Phi) is 3.77. The first-order valence-electron chi connectivity index (χ1n) is 4.44. The number of carbonyl (C=O) groups is 1. The number of aldehydes is 1. The van der Waals surface area contributed by atoms with Gasteiger partial charge in [0, 0.05) is 5.92 Å². The quantitative estimate of drug-likeness (QED) is 0.367. The fourth-order valence-corrected chi connectivity index (χ4v) is 1.70. The van der Waals surface area contributed by atoms with Gasteiger partial charge in [0.15, 0.2) is 6.29 Å². The summed E-state index contributed by atoms with van der Waals surface area (Å²) in [5.41, 5.74) is 0.581. The molecule has 1 aliphatic carbocycles. The molecule has 1 fully saturated rings. The lowest BCUT2D eigenvalue weighted by molar-refractivity contribution is -0.103. The van der Waals surface area contributed by atoms with E-state index in [2.05, 4.69) is 9.99 Å². The molecule has 1 rings (SSSR count). The summed E-state index contributed by atoms with van der Waals surface area (Å²) >= 11 is 0. The van der Waals surface area contributed by atoms with Crippen molar-refractivity contribution >= 4 is 12.0 Å². The van der Waals surface area contributed by atoms with E-state index in [1.807, 2.05) is 0 Å². The molecule has 1 aliphatic rings. The summed E-state index contributed by atoms with van der Waals surface area (Å²) in [7, 11) is 1.48. The largest absolute Gasteiger partial charge is 0.399 e. The maximum absolute atomic E-state index is 10.6. The van der Waals surface area contributed by atoms with Crippen LogP contribution in [0, 0.1) is 5.92 Å². The standard InChI is InChI=1S/C9H15NO2/c1-12-10-9(7-11)8-5-3-2-4-6-8/h7-8H,2-6H2,1H3/b10-9-. The molecule has 0 aromatic rings. The van der Waals surface area contributed by atoms with Crippen molar-refractivity contribution in [2.24, 2.45) is 11.1 Å². The number of hydrogen-bond acceptors (Lipinski definition) is 3. The molecule has 3 heteroatoms. The van der Waals surface area contributed by atoms with Crippen LogP contribution in [-0.2, 0) is 9.63 Å². The Hall–Kier alpha value is -0.860. The van der Waals surface area contributed by atoms with Crippen molar-refractivity contribution in [3.8, 4) is 0 Å². The van der Waals surface area contributed by atoms with Gasteiger partial charge in [-0.25, -0.2) is 0 Å². The normalized spacial score (nSPS) is 20.6. The number of nitrogens with zero attached hydrogens (tertiary/aromatic N) is 1. The van der Waals surface area contributed by atoms with Crippen LogP contribution in [0.15, 0.2) is 5.16 Å². The van der Waals surface area contributed by atoms with Gasteiger partial charge in [0.25, 0.3) is 0 Å². The lowest BCUT2D eigenvalue weighted by Gasteiger charge is -2.19. The van der Waals surface area contributed by atoms with E-state index in [0.29, 0.717) is 11.6 Å². The molecular formula is C9H15NO2. The molecule has 0 spiro atoms. The molecule has 0 bridgehead atoms. The third kappa shape index (κ3) is 2.32. The zero-order valence-corrected chi connectivity index (χ0v) is 7.45. The van der Waals surface area contributed by atoms with Crippen molar-refractivity contribution in [2.75, 3.05) is 7.11 Å². The summed E-state index contributed by atoms with van der Waals surface area (Å²) in [5.74, 6) is 0.344. The monoisotopic (exact) mass is 169 g/mol. The average Bonchev–Trinajstić information content (AvgIpc) is 2.15. The van der Waals surface area contributed by atoms with Crippen LogP contribution in [0.4, 0.5) is 0 Å². The first-order chi connectivity index (χ1) is 5.88. The maximum Gasteiger partial charge on any atom is 0.167 e.